The van der Waals surface area contributed by atoms with Crippen LogP contribution >= 0.6 is 24.0 Å². The molecule has 0 spiro atoms. The van der Waals surface area contributed by atoms with Crippen molar-refractivity contribution in [1.82, 2.24) is 4.90 Å². The molecule has 1 atom stereocenters. The Balaban J connectivity index is 1.92. The standard InChI is InChI=1S/C15H20N2O3S2/c1-3-20-12-6-4-11(5-7-12)16-15(21)17-8-9-22-13(10-17)14(18)19-2/h4-7,13H,3,8-10H2,1-2H3,(H,16,21)/t13-/m0/s1. The number of hydrogen-bond acceptors (Lipinski definition) is 5. The first kappa shape index (κ1) is 16.9. The Morgan fingerprint density at radius 3 is 2.82 bits per heavy atom. The molecule has 1 heterocycles. The van der Waals surface area contributed by atoms with Gasteiger partial charge in [-0.15, -0.1) is 11.8 Å². The van der Waals surface area contributed by atoms with Crippen LogP contribution < -0.4 is 10.1 Å². The van der Waals surface area contributed by atoms with Crippen LogP contribution in [-0.4, -0.2) is 53.8 Å². The summed E-state index contributed by atoms with van der Waals surface area (Å²) in [4.78, 5) is 13.6. The second-order valence-electron chi connectivity index (χ2n) is 4.72. The molecule has 1 aliphatic heterocycles. The monoisotopic (exact) mass is 340 g/mol. The van der Waals surface area contributed by atoms with Gasteiger partial charge in [0.15, 0.2) is 5.11 Å². The molecule has 1 fully saturated rings. The zero-order chi connectivity index (χ0) is 15.9. The fourth-order valence-corrected chi connectivity index (χ4v) is 3.52. The van der Waals surface area contributed by atoms with Crippen molar-refractivity contribution in [2.45, 2.75) is 12.2 Å². The van der Waals surface area contributed by atoms with Gasteiger partial charge in [0.25, 0.3) is 0 Å². The van der Waals surface area contributed by atoms with Gasteiger partial charge in [0, 0.05) is 24.5 Å². The number of ether oxygens (including phenoxy) is 2. The molecule has 1 aromatic rings. The molecule has 1 N–H and O–H groups in total. The molecular weight excluding hydrogens is 320 g/mol. The van der Waals surface area contributed by atoms with Gasteiger partial charge in [-0.1, -0.05) is 0 Å². The number of thiocarbonyl (C=S) groups is 1. The molecule has 0 radical (unpaired) electrons. The Bertz CT molecular complexity index is 522. The van der Waals surface area contributed by atoms with Crippen LogP contribution in [0.1, 0.15) is 6.92 Å². The molecule has 0 unspecified atom stereocenters. The average molecular weight is 340 g/mol. The first-order valence-corrected chi connectivity index (χ1v) is 8.58. The maximum absolute atomic E-state index is 11.6. The average Bonchev–Trinajstić information content (AvgIpc) is 2.56. The number of nitrogens with one attached hydrogen (secondary N) is 1. The molecule has 0 aromatic heterocycles. The summed E-state index contributed by atoms with van der Waals surface area (Å²) in [7, 11) is 1.42. The van der Waals surface area contributed by atoms with E-state index in [1.165, 1.54) is 7.11 Å². The van der Waals surface area contributed by atoms with Gasteiger partial charge in [-0.2, -0.15) is 0 Å². The van der Waals surface area contributed by atoms with Crippen molar-refractivity contribution in [1.29, 1.82) is 0 Å². The number of esters is 1. The van der Waals surface area contributed by atoms with E-state index < -0.39 is 0 Å². The summed E-state index contributed by atoms with van der Waals surface area (Å²) in [6, 6.07) is 7.65. The molecule has 5 nitrogen and oxygen atoms in total. The number of rotatable bonds is 4. The number of nitrogens with zero attached hydrogens (tertiary/aromatic N) is 1. The summed E-state index contributed by atoms with van der Waals surface area (Å²) >= 11 is 7.05. The molecule has 0 amide bonds. The van der Waals surface area contributed by atoms with Gasteiger partial charge in [0.1, 0.15) is 11.0 Å². The molecule has 22 heavy (non-hydrogen) atoms. The lowest BCUT2D eigenvalue weighted by Crippen LogP contribution is -2.46. The van der Waals surface area contributed by atoms with Crippen molar-refractivity contribution in [3.63, 3.8) is 0 Å². The van der Waals surface area contributed by atoms with Crippen molar-refractivity contribution in [3.05, 3.63) is 24.3 Å². The van der Waals surface area contributed by atoms with Crippen molar-refractivity contribution >= 4 is 40.7 Å². The third kappa shape index (κ3) is 4.51. The topological polar surface area (TPSA) is 50.8 Å². The Morgan fingerprint density at radius 2 is 2.18 bits per heavy atom. The highest BCUT2D eigenvalue weighted by atomic mass is 32.2. The number of anilines is 1. The number of thioether (sulfide) groups is 1. The van der Waals surface area contributed by atoms with Gasteiger partial charge in [-0.3, -0.25) is 4.79 Å². The first-order chi connectivity index (χ1) is 10.6. The van der Waals surface area contributed by atoms with Crippen LogP contribution in [0, 0.1) is 0 Å². The normalized spacial score (nSPS) is 17.7. The minimum absolute atomic E-state index is 0.182. The first-order valence-electron chi connectivity index (χ1n) is 7.12. The lowest BCUT2D eigenvalue weighted by Gasteiger charge is -2.33. The van der Waals surface area contributed by atoms with Gasteiger partial charge in [0.2, 0.25) is 0 Å². The number of hydrogen-bond donors (Lipinski definition) is 1. The van der Waals surface area contributed by atoms with Crippen LogP contribution in [0.15, 0.2) is 24.3 Å². The van der Waals surface area contributed by atoms with Crippen LogP contribution in [0.4, 0.5) is 5.69 Å². The minimum Gasteiger partial charge on any atom is -0.494 e. The SMILES string of the molecule is CCOc1ccc(NC(=S)N2CCS[C@H](C(=O)OC)C2)cc1. The summed E-state index contributed by atoms with van der Waals surface area (Å²) < 4.78 is 10.2. The Hall–Kier alpha value is -1.47. The fraction of sp³-hybridized carbons (Fsp3) is 0.467. The Kier molecular flexibility index (Phi) is 6.33. The zero-order valence-corrected chi connectivity index (χ0v) is 14.3. The fourth-order valence-electron chi connectivity index (χ4n) is 2.11. The van der Waals surface area contributed by atoms with Crippen LogP contribution in [-0.2, 0) is 9.53 Å². The van der Waals surface area contributed by atoms with Crippen LogP contribution in [0.3, 0.4) is 0 Å². The second kappa shape index (κ2) is 8.24. The summed E-state index contributed by atoms with van der Waals surface area (Å²) in [6.45, 7) is 3.99. The summed E-state index contributed by atoms with van der Waals surface area (Å²) in [5, 5.41) is 3.64. The highest BCUT2D eigenvalue weighted by molar-refractivity contribution is 8.00. The van der Waals surface area contributed by atoms with E-state index in [0.717, 1.165) is 23.7 Å². The lowest BCUT2D eigenvalue weighted by molar-refractivity contribution is -0.140. The van der Waals surface area contributed by atoms with E-state index in [1.54, 1.807) is 11.8 Å². The molecule has 1 aromatic carbocycles. The van der Waals surface area contributed by atoms with Crippen LogP contribution in [0.2, 0.25) is 0 Å². The van der Waals surface area contributed by atoms with E-state index in [1.807, 2.05) is 36.1 Å². The predicted octanol–water partition coefficient (Wildman–Crippen LogP) is 2.37. The smallest absolute Gasteiger partial charge is 0.320 e. The molecule has 0 aliphatic carbocycles. The van der Waals surface area contributed by atoms with E-state index in [9.17, 15) is 4.79 Å². The van der Waals surface area contributed by atoms with Gasteiger partial charge >= 0.3 is 5.97 Å². The minimum atomic E-state index is -0.196. The lowest BCUT2D eigenvalue weighted by atomic mass is 10.3. The quantitative estimate of drug-likeness (QED) is 0.667. The summed E-state index contributed by atoms with van der Waals surface area (Å²) in [6.07, 6.45) is 0. The van der Waals surface area contributed by atoms with Gasteiger partial charge in [-0.25, -0.2) is 0 Å². The molecule has 7 heteroatoms. The molecule has 1 aliphatic rings. The van der Waals surface area contributed by atoms with Crippen LogP contribution in [0.5, 0.6) is 5.75 Å². The van der Waals surface area contributed by atoms with E-state index in [4.69, 9.17) is 21.7 Å². The number of carbonyl (C=O) groups excluding carboxylic acids is 1. The number of carbonyl (C=O) groups is 1. The predicted molar refractivity (Wildman–Crippen MR) is 93.7 cm³/mol. The molecule has 120 valence electrons. The maximum atomic E-state index is 11.6. The van der Waals surface area contributed by atoms with Gasteiger partial charge < -0.3 is 19.7 Å². The van der Waals surface area contributed by atoms with E-state index in [2.05, 4.69) is 5.32 Å². The highest BCUT2D eigenvalue weighted by Gasteiger charge is 2.28. The Labute approximate surface area is 140 Å². The third-order valence-electron chi connectivity index (χ3n) is 3.23. The third-order valence-corrected chi connectivity index (χ3v) is 4.76. The van der Waals surface area contributed by atoms with Crippen LogP contribution in [0.25, 0.3) is 0 Å². The van der Waals surface area contributed by atoms with Crippen molar-refractivity contribution in [3.8, 4) is 5.75 Å². The summed E-state index contributed by atoms with van der Waals surface area (Å²) in [5.41, 5.74) is 0.904. The summed E-state index contributed by atoms with van der Waals surface area (Å²) in [5.74, 6) is 1.49. The van der Waals surface area contributed by atoms with Gasteiger partial charge in [0.05, 0.1) is 13.7 Å². The Morgan fingerprint density at radius 1 is 1.45 bits per heavy atom. The molecular formula is C15H20N2O3S2. The number of benzene rings is 1. The second-order valence-corrected chi connectivity index (χ2v) is 6.41. The zero-order valence-electron chi connectivity index (χ0n) is 12.7. The van der Waals surface area contributed by atoms with Gasteiger partial charge in [-0.05, 0) is 43.4 Å². The highest BCUT2D eigenvalue weighted by Crippen LogP contribution is 2.21. The van der Waals surface area contributed by atoms with E-state index in [-0.39, 0.29) is 11.2 Å². The largest absolute Gasteiger partial charge is 0.494 e. The maximum Gasteiger partial charge on any atom is 0.320 e. The molecule has 0 saturated carbocycles. The molecule has 0 bridgehead atoms. The van der Waals surface area contributed by atoms with E-state index >= 15 is 0 Å². The van der Waals surface area contributed by atoms with Crippen molar-refractivity contribution in [2.75, 3.05) is 37.9 Å². The van der Waals surface area contributed by atoms with Crippen molar-refractivity contribution in [2.24, 2.45) is 0 Å². The number of methoxy groups -OCH3 is 1. The molecule has 1 saturated heterocycles. The van der Waals surface area contributed by atoms with E-state index in [0.29, 0.717) is 18.3 Å². The van der Waals surface area contributed by atoms with Crippen molar-refractivity contribution < 1.29 is 14.3 Å². The molecule has 2 rings (SSSR count).